The molecule has 0 unspecified atom stereocenters. The summed E-state index contributed by atoms with van der Waals surface area (Å²) in [6.07, 6.45) is 3.59. The Hall–Kier alpha value is -2.07. The van der Waals surface area contributed by atoms with E-state index < -0.39 is 0 Å². The number of hydrogen-bond donors (Lipinski definition) is 2. The van der Waals surface area contributed by atoms with Crippen molar-refractivity contribution in [3.8, 4) is 0 Å². The minimum atomic E-state index is 0.601. The first-order valence-corrected chi connectivity index (χ1v) is 8.43. The molecule has 3 nitrogen and oxygen atoms in total. The lowest BCUT2D eigenvalue weighted by atomic mass is 10.1. The SMILES string of the molecule is CCCCc1ccc(NC(=S)Nc2ccc(N(C)C)cc2)cc1. The second-order valence-electron chi connectivity index (χ2n) is 5.82. The zero-order valence-corrected chi connectivity index (χ0v) is 14.9. The van der Waals surface area contributed by atoms with Gasteiger partial charge in [-0.15, -0.1) is 0 Å². The first-order chi connectivity index (χ1) is 11.1. The molecule has 0 spiro atoms. The van der Waals surface area contributed by atoms with Crippen molar-refractivity contribution in [2.24, 2.45) is 0 Å². The molecule has 0 radical (unpaired) electrons. The average molecular weight is 327 g/mol. The van der Waals surface area contributed by atoms with E-state index in [0.29, 0.717) is 5.11 Å². The van der Waals surface area contributed by atoms with E-state index in [2.05, 4.69) is 58.9 Å². The second kappa shape index (κ2) is 8.53. The molecular formula is C19H25N3S. The van der Waals surface area contributed by atoms with Gasteiger partial charge in [0, 0.05) is 31.2 Å². The fourth-order valence-electron chi connectivity index (χ4n) is 2.27. The highest BCUT2D eigenvalue weighted by atomic mass is 32.1. The maximum atomic E-state index is 5.37. The van der Waals surface area contributed by atoms with Crippen LogP contribution in [0.15, 0.2) is 48.5 Å². The van der Waals surface area contributed by atoms with E-state index in [1.54, 1.807) is 0 Å². The Morgan fingerprint density at radius 2 is 1.43 bits per heavy atom. The normalized spacial score (nSPS) is 10.2. The van der Waals surface area contributed by atoms with Crippen LogP contribution < -0.4 is 15.5 Å². The summed E-state index contributed by atoms with van der Waals surface area (Å²) < 4.78 is 0. The van der Waals surface area contributed by atoms with Crippen LogP contribution in [-0.2, 0) is 6.42 Å². The molecule has 0 saturated heterocycles. The van der Waals surface area contributed by atoms with Gasteiger partial charge in [0.05, 0.1) is 0 Å². The lowest BCUT2D eigenvalue weighted by molar-refractivity contribution is 0.795. The highest BCUT2D eigenvalue weighted by Crippen LogP contribution is 2.16. The van der Waals surface area contributed by atoms with E-state index in [-0.39, 0.29) is 0 Å². The van der Waals surface area contributed by atoms with Crippen LogP contribution in [0.3, 0.4) is 0 Å². The number of rotatable bonds is 6. The molecule has 0 aromatic heterocycles. The number of hydrogen-bond acceptors (Lipinski definition) is 2. The van der Waals surface area contributed by atoms with Gasteiger partial charge >= 0.3 is 0 Å². The Morgan fingerprint density at radius 1 is 0.913 bits per heavy atom. The quantitative estimate of drug-likeness (QED) is 0.738. The fraction of sp³-hybridized carbons (Fsp3) is 0.316. The molecule has 0 aliphatic carbocycles. The Labute approximate surface area is 144 Å². The largest absolute Gasteiger partial charge is 0.378 e. The predicted octanol–water partition coefficient (Wildman–Crippen LogP) is 4.90. The molecule has 0 fully saturated rings. The highest BCUT2D eigenvalue weighted by Gasteiger charge is 2.01. The molecule has 122 valence electrons. The fourth-order valence-corrected chi connectivity index (χ4v) is 2.51. The molecule has 2 N–H and O–H groups in total. The molecule has 23 heavy (non-hydrogen) atoms. The summed E-state index contributed by atoms with van der Waals surface area (Å²) in [5.41, 5.74) is 4.52. The van der Waals surface area contributed by atoms with Crippen LogP contribution in [0.25, 0.3) is 0 Å². The third-order valence-electron chi connectivity index (χ3n) is 3.67. The summed E-state index contributed by atoms with van der Waals surface area (Å²) in [5, 5.41) is 7.03. The van der Waals surface area contributed by atoms with Crippen LogP contribution in [0.2, 0.25) is 0 Å². The van der Waals surface area contributed by atoms with Gasteiger partial charge in [0.2, 0.25) is 0 Å². The number of nitrogens with one attached hydrogen (secondary N) is 2. The van der Waals surface area contributed by atoms with E-state index >= 15 is 0 Å². The topological polar surface area (TPSA) is 27.3 Å². The smallest absolute Gasteiger partial charge is 0.175 e. The molecule has 0 saturated carbocycles. The van der Waals surface area contributed by atoms with Crippen molar-refractivity contribution >= 4 is 34.4 Å². The number of thiocarbonyl (C=S) groups is 1. The molecule has 2 rings (SSSR count). The number of anilines is 3. The van der Waals surface area contributed by atoms with Gasteiger partial charge < -0.3 is 15.5 Å². The average Bonchev–Trinajstić information content (AvgIpc) is 2.54. The van der Waals surface area contributed by atoms with Gasteiger partial charge in [-0.2, -0.15) is 0 Å². The summed E-state index contributed by atoms with van der Waals surface area (Å²) in [7, 11) is 4.05. The van der Waals surface area contributed by atoms with Gasteiger partial charge in [-0.25, -0.2) is 0 Å². The Bertz CT molecular complexity index is 618. The maximum Gasteiger partial charge on any atom is 0.175 e. The summed E-state index contributed by atoms with van der Waals surface area (Å²) in [6, 6.07) is 16.6. The van der Waals surface area contributed by atoms with Crippen molar-refractivity contribution in [1.82, 2.24) is 0 Å². The lowest BCUT2D eigenvalue weighted by Crippen LogP contribution is -2.19. The summed E-state index contributed by atoms with van der Waals surface area (Å²) in [4.78, 5) is 2.07. The van der Waals surface area contributed by atoms with Gasteiger partial charge in [0.15, 0.2) is 5.11 Å². The Kier molecular flexibility index (Phi) is 6.41. The lowest BCUT2D eigenvalue weighted by Gasteiger charge is -2.14. The monoisotopic (exact) mass is 327 g/mol. The van der Waals surface area contributed by atoms with E-state index in [1.165, 1.54) is 18.4 Å². The number of nitrogens with zero attached hydrogens (tertiary/aromatic N) is 1. The highest BCUT2D eigenvalue weighted by molar-refractivity contribution is 7.80. The molecule has 0 aliphatic heterocycles. The Morgan fingerprint density at radius 3 is 1.91 bits per heavy atom. The summed E-state index contributed by atoms with van der Waals surface area (Å²) >= 11 is 5.37. The van der Waals surface area contributed by atoms with Gasteiger partial charge in [-0.05, 0) is 67.0 Å². The van der Waals surface area contributed by atoms with Crippen LogP contribution in [0.1, 0.15) is 25.3 Å². The van der Waals surface area contributed by atoms with Gasteiger partial charge in [0.25, 0.3) is 0 Å². The molecule has 0 amide bonds. The first kappa shape index (κ1) is 17.3. The van der Waals surface area contributed by atoms with Crippen LogP contribution in [0, 0.1) is 0 Å². The molecule has 0 heterocycles. The Balaban J connectivity index is 1.88. The zero-order chi connectivity index (χ0) is 16.7. The molecule has 0 atom stereocenters. The standard InChI is InChI=1S/C19H25N3S/c1-4-5-6-15-7-9-16(10-8-15)20-19(23)21-17-11-13-18(14-12-17)22(2)3/h7-14H,4-6H2,1-3H3,(H2,20,21,23). The molecule has 0 aliphatic rings. The number of aryl methyl sites for hydroxylation is 1. The molecule has 2 aromatic rings. The van der Waals surface area contributed by atoms with E-state index in [9.17, 15) is 0 Å². The van der Waals surface area contributed by atoms with Crippen molar-refractivity contribution in [2.45, 2.75) is 26.2 Å². The van der Waals surface area contributed by atoms with Crippen molar-refractivity contribution in [2.75, 3.05) is 29.6 Å². The van der Waals surface area contributed by atoms with Crippen molar-refractivity contribution in [1.29, 1.82) is 0 Å². The van der Waals surface area contributed by atoms with Gasteiger partial charge in [0.1, 0.15) is 0 Å². The zero-order valence-electron chi connectivity index (χ0n) is 14.1. The predicted molar refractivity (Wildman–Crippen MR) is 106 cm³/mol. The van der Waals surface area contributed by atoms with Crippen molar-refractivity contribution in [3.63, 3.8) is 0 Å². The summed E-state index contributed by atoms with van der Waals surface area (Å²) in [5.74, 6) is 0. The molecule has 0 bridgehead atoms. The summed E-state index contributed by atoms with van der Waals surface area (Å²) in [6.45, 7) is 2.21. The van der Waals surface area contributed by atoms with Crippen LogP contribution in [0.4, 0.5) is 17.1 Å². The molecule has 4 heteroatoms. The van der Waals surface area contributed by atoms with Crippen LogP contribution in [0.5, 0.6) is 0 Å². The van der Waals surface area contributed by atoms with Crippen molar-refractivity contribution < 1.29 is 0 Å². The first-order valence-electron chi connectivity index (χ1n) is 8.03. The van der Waals surface area contributed by atoms with E-state index in [0.717, 1.165) is 23.5 Å². The second-order valence-corrected chi connectivity index (χ2v) is 6.23. The van der Waals surface area contributed by atoms with Gasteiger partial charge in [-0.3, -0.25) is 0 Å². The van der Waals surface area contributed by atoms with Crippen molar-refractivity contribution in [3.05, 3.63) is 54.1 Å². The van der Waals surface area contributed by atoms with E-state index in [4.69, 9.17) is 12.2 Å². The number of benzene rings is 2. The number of unbranched alkanes of at least 4 members (excludes halogenated alkanes) is 1. The van der Waals surface area contributed by atoms with Crippen LogP contribution >= 0.6 is 12.2 Å². The van der Waals surface area contributed by atoms with Gasteiger partial charge in [-0.1, -0.05) is 25.5 Å². The molecular weight excluding hydrogens is 302 g/mol. The third-order valence-corrected chi connectivity index (χ3v) is 3.88. The van der Waals surface area contributed by atoms with Crippen LogP contribution in [-0.4, -0.2) is 19.2 Å². The minimum absolute atomic E-state index is 0.601. The molecule has 2 aromatic carbocycles. The third kappa shape index (κ3) is 5.57. The minimum Gasteiger partial charge on any atom is -0.378 e. The van der Waals surface area contributed by atoms with E-state index in [1.807, 2.05) is 26.2 Å². The maximum absolute atomic E-state index is 5.37.